The quantitative estimate of drug-likeness (QED) is 0.682. The molecule has 1 N–H and O–H groups in total. The van der Waals surface area contributed by atoms with Crippen LogP contribution >= 0.6 is 0 Å². The van der Waals surface area contributed by atoms with Crippen molar-refractivity contribution in [3.05, 3.63) is 59.7 Å². The van der Waals surface area contributed by atoms with E-state index in [2.05, 4.69) is 5.32 Å². The summed E-state index contributed by atoms with van der Waals surface area (Å²) in [6.07, 6.45) is 0.941. The highest BCUT2D eigenvalue weighted by Crippen LogP contribution is 2.43. The van der Waals surface area contributed by atoms with Crippen molar-refractivity contribution in [1.82, 2.24) is 9.80 Å². The van der Waals surface area contributed by atoms with Gasteiger partial charge in [0.15, 0.2) is 0 Å². The van der Waals surface area contributed by atoms with E-state index >= 15 is 0 Å². The monoisotopic (exact) mass is 462 g/mol. The van der Waals surface area contributed by atoms with E-state index in [1.165, 1.54) is 0 Å². The number of carbonyl (C=O) groups excluding carboxylic acids is 4. The number of nitrogens with zero attached hydrogens (tertiary/aromatic N) is 3. The Kier molecular flexibility index (Phi) is 6.41. The largest absolute Gasteiger partial charge is 0.339 e. The fourth-order valence-electron chi connectivity index (χ4n) is 4.90. The summed E-state index contributed by atoms with van der Waals surface area (Å²) in [6.45, 7) is 7.12. The second-order valence-corrected chi connectivity index (χ2v) is 8.78. The summed E-state index contributed by atoms with van der Waals surface area (Å²) in [6, 6.07) is 14.0. The third-order valence-electron chi connectivity index (χ3n) is 6.75. The van der Waals surface area contributed by atoms with Gasteiger partial charge < -0.3 is 15.1 Å². The van der Waals surface area contributed by atoms with Crippen LogP contribution in [0.5, 0.6) is 0 Å². The van der Waals surface area contributed by atoms with Gasteiger partial charge in [-0.1, -0.05) is 18.2 Å². The minimum Gasteiger partial charge on any atom is -0.339 e. The van der Waals surface area contributed by atoms with Gasteiger partial charge in [-0.15, -0.1) is 0 Å². The molecule has 1 fully saturated rings. The van der Waals surface area contributed by atoms with Crippen LogP contribution in [-0.4, -0.2) is 58.7 Å². The summed E-state index contributed by atoms with van der Waals surface area (Å²) >= 11 is 0. The minimum absolute atomic E-state index is 0.0217. The van der Waals surface area contributed by atoms with Crippen molar-refractivity contribution in [2.45, 2.75) is 45.7 Å². The number of amides is 4. The van der Waals surface area contributed by atoms with E-state index in [-0.39, 0.29) is 36.6 Å². The molecule has 178 valence electrons. The zero-order chi connectivity index (χ0) is 24.5. The van der Waals surface area contributed by atoms with Gasteiger partial charge in [0, 0.05) is 43.7 Å². The van der Waals surface area contributed by atoms with Gasteiger partial charge in [-0.25, -0.2) is 0 Å². The lowest BCUT2D eigenvalue weighted by Gasteiger charge is -2.48. The van der Waals surface area contributed by atoms with E-state index in [1.54, 1.807) is 57.2 Å². The molecule has 4 rings (SSSR count). The number of hydrogen-bond donors (Lipinski definition) is 1. The van der Waals surface area contributed by atoms with Crippen LogP contribution in [0.25, 0.3) is 0 Å². The van der Waals surface area contributed by atoms with Crippen LogP contribution in [0.4, 0.5) is 11.4 Å². The summed E-state index contributed by atoms with van der Waals surface area (Å²) in [7, 11) is 0. The third kappa shape index (κ3) is 4.04. The topological polar surface area (TPSA) is 90.0 Å². The molecule has 1 unspecified atom stereocenters. The second kappa shape index (κ2) is 9.29. The molecule has 1 atom stereocenters. The lowest BCUT2D eigenvalue weighted by molar-refractivity contribution is -0.117. The molecular weight excluding hydrogens is 432 g/mol. The normalized spacial score (nSPS) is 19.0. The van der Waals surface area contributed by atoms with Gasteiger partial charge in [0.1, 0.15) is 5.66 Å². The standard InChI is InChI=1S/C26H30N4O4/c1-4-28(5-2)24(33)18-9-8-10-19(17-18)27-22(31)14-16-29-25(34)20-11-6-7-12-21(20)30-23(32)13-15-26(29,30)3/h6-12,17H,4-5,13-16H2,1-3H3,(H,27,31). The highest BCUT2D eigenvalue weighted by molar-refractivity contribution is 6.10. The Balaban J connectivity index is 1.47. The third-order valence-corrected chi connectivity index (χ3v) is 6.75. The maximum Gasteiger partial charge on any atom is 0.257 e. The molecule has 8 heteroatoms. The number of anilines is 2. The van der Waals surface area contributed by atoms with Gasteiger partial charge in [-0.05, 0) is 57.5 Å². The highest BCUT2D eigenvalue weighted by atomic mass is 16.2. The number of benzene rings is 2. The number of fused-ring (bicyclic) bond motifs is 3. The predicted octanol–water partition coefficient (Wildman–Crippen LogP) is 3.50. The van der Waals surface area contributed by atoms with Crippen LogP contribution in [0.2, 0.25) is 0 Å². The molecule has 2 aliphatic rings. The van der Waals surface area contributed by atoms with Crippen LogP contribution in [0.3, 0.4) is 0 Å². The SMILES string of the molecule is CCN(CC)C(=O)c1cccc(NC(=O)CCN2C(=O)c3ccccc3N3C(=O)CCC23C)c1. The molecule has 0 spiro atoms. The van der Waals surface area contributed by atoms with Crippen LogP contribution in [0.15, 0.2) is 48.5 Å². The average Bonchev–Trinajstić information content (AvgIpc) is 3.14. The fourth-order valence-corrected chi connectivity index (χ4v) is 4.90. The van der Waals surface area contributed by atoms with Crippen molar-refractivity contribution in [3.63, 3.8) is 0 Å². The lowest BCUT2D eigenvalue weighted by Crippen LogP contribution is -2.62. The molecule has 8 nitrogen and oxygen atoms in total. The van der Waals surface area contributed by atoms with Crippen molar-refractivity contribution in [3.8, 4) is 0 Å². The van der Waals surface area contributed by atoms with Gasteiger partial charge in [0.2, 0.25) is 11.8 Å². The van der Waals surface area contributed by atoms with Gasteiger partial charge in [-0.2, -0.15) is 0 Å². The molecule has 2 heterocycles. The number of rotatable bonds is 7. The zero-order valence-corrected chi connectivity index (χ0v) is 19.8. The molecule has 2 aliphatic heterocycles. The Morgan fingerprint density at radius 2 is 1.79 bits per heavy atom. The fraction of sp³-hybridized carbons (Fsp3) is 0.385. The first kappa shape index (κ1) is 23.5. The number of para-hydroxylation sites is 1. The Morgan fingerprint density at radius 3 is 2.53 bits per heavy atom. The van der Waals surface area contributed by atoms with Crippen LogP contribution in [-0.2, 0) is 9.59 Å². The van der Waals surface area contributed by atoms with E-state index in [4.69, 9.17) is 0 Å². The van der Waals surface area contributed by atoms with Gasteiger partial charge >= 0.3 is 0 Å². The van der Waals surface area contributed by atoms with Crippen LogP contribution in [0, 0.1) is 0 Å². The van der Waals surface area contributed by atoms with Gasteiger partial charge in [0.25, 0.3) is 11.8 Å². The maximum absolute atomic E-state index is 13.3. The van der Waals surface area contributed by atoms with Crippen molar-refractivity contribution in [1.29, 1.82) is 0 Å². The highest BCUT2D eigenvalue weighted by Gasteiger charge is 2.52. The summed E-state index contributed by atoms with van der Waals surface area (Å²) in [5.74, 6) is -0.550. The predicted molar refractivity (Wildman–Crippen MR) is 130 cm³/mol. The summed E-state index contributed by atoms with van der Waals surface area (Å²) in [5, 5.41) is 2.84. The molecular formula is C26H30N4O4. The first-order valence-electron chi connectivity index (χ1n) is 11.7. The van der Waals surface area contributed by atoms with Crippen LogP contribution < -0.4 is 10.2 Å². The van der Waals surface area contributed by atoms with Crippen LogP contribution in [0.1, 0.15) is 60.7 Å². The molecule has 0 radical (unpaired) electrons. The number of carbonyl (C=O) groups is 4. The van der Waals surface area contributed by atoms with E-state index in [0.717, 1.165) is 0 Å². The Bertz CT molecular complexity index is 1140. The molecule has 2 aromatic carbocycles. The van der Waals surface area contributed by atoms with E-state index in [1.807, 2.05) is 26.8 Å². The summed E-state index contributed by atoms with van der Waals surface area (Å²) in [5.41, 5.74) is 1.35. The van der Waals surface area contributed by atoms with Gasteiger partial charge in [0.05, 0.1) is 11.3 Å². The van der Waals surface area contributed by atoms with Crippen molar-refractivity contribution >= 4 is 35.0 Å². The minimum atomic E-state index is -0.793. The second-order valence-electron chi connectivity index (χ2n) is 8.78. The average molecular weight is 463 g/mol. The number of hydrogen-bond acceptors (Lipinski definition) is 4. The molecule has 34 heavy (non-hydrogen) atoms. The van der Waals surface area contributed by atoms with E-state index in [9.17, 15) is 19.2 Å². The smallest absolute Gasteiger partial charge is 0.257 e. The van der Waals surface area contributed by atoms with E-state index in [0.29, 0.717) is 48.4 Å². The Hall–Kier alpha value is -3.68. The lowest BCUT2D eigenvalue weighted by atomic mass is 9.98. The Labute approximate surface area is 199 Å². The molecule has 1 saturated heterocycles. The molecule has 0 aromatic heterocycles. The van der Waals surface area contributed by atoms with Crippen molar-refractivity contribution in [2.75, 3.05) is 29.9 Å². The Morgan fingerprint density at radius 1 is 1.06 bits per heavy atom. The van der Waals surface area contributed by atoms with Gasteiger partial charge in [-0.3, -0.25) is 24.1 Å². The zero-order valence-electron chi connectivity index (χ0n) is 19.8. The molecule has 4 amide bonds. The molecule has 0 bridgehead atoms. The summed E-state index contributed by atoms with van der Waals surface area (Å²) in [4.78, 5) is 56.4. The molecule has 2 aromatic rings. The maximum atomic E-state index is 13.3. The number of nitrogens with one attached hydrogen (secondary N) is 1. The molecule has 0 saturated carbocycles. The summed E-state index contributed by atoms with van der Waals surface area (Å²) < 4.78 is 0. The van der Waals surface area contributed by atoms with E-state index < -0.39 is 5.66 Å². The first-order valence-corrected chi connectivity index (χ1v) is 11.7. The first-order chi connectivity index (χ1) is 16.3. The molecule has 0 aliphatic carbocycles. The van der Waals surface area contributed by atoms with Crippen molar-refractivity contribution in [2.24, 2.45) is 0 Å². The van der Waals surface area contributed by atoms with Crippen molar-refractivity contribution < 1.29 is 19.2 Å².